The molecule has 1 aromatic heterocycles. The second kappa shape index (κ2) is 6.97. The van der Waals surface area contributed by atoms with E-state index in [2.05, 4.69) is 5.32 Å². The molecular formula is C23H19N3O2S. The first kappa shape index (κ1) is 17.8. The Balaban J connectivity index is 1.62. The van der Waals surface area contributed by atoms with Crippen molar-refractivity contribution in [1.82, 2.24) is 9.78 Å². The average molecular weight is 401 g/mol. The van der Waals surface area contributed by atoms with Gasteiger partial charge in [-0.05, 0) is 35.4 Å². The molecule has 1 aliphatic rings. The maximum absolute atomic E-state index is 13.2. The normalized spacial score (nSPS) is 15.4. The number of benzene rings is 3. The number of hydrogen-bond donors (Lipinski definition) is 1. The molecule has 1 amide bonds. The van der Waals surface area contributed by atoms with Gasteiger partial charge in [-0.1, -0.05) is 54.6 Å². The van der Waals surface area contributed by atoms with Gasteiger partial charge in [0.25, 0.3) is 5.91 Å². The summed E-state index contributed by atoms with van der Waals surface area (Å²) in [5.41, 5.74) is 4.21. The molecule has 0 aliphatic carbocycles. The van der Waals surface area contributed by atoms with Crippen molar-refractivity contribution in [2.24, 2.45) is 0 Å². The molecule has 0 radical (unpaired) electrons. The van der Waals surface area contributed by atoms with E-state index < -0.39 is 10.8 Å². The lowest BCUT2D eigenvalue weighted by Crippen LogP contribution is -2.17. The fourth-order valence-electron chi connectivity index (χ4n) is 3.83. The predicted octanol–water partition coefficient (Wildman–Crippen LogP) is 4.35. The minimum Gasteiger partial charge on any atom is -0.306 e. The smallest absolute Gasteiger partial charge is 0.257 e. The van der Waals surface area contributed by atoms with Crippen LogP contribution in [0.1, 0.15) is 27.2 Å². The lowest BCUT2D eigenvalue weighted by Gasteiger charge is -2.13. The average Bonchev–Trinajstić information content (AvgIpc) is 3.24. The predicted molar refractivity (Wildman–Crippen MR) is 116 cm³/mol. The van der Waals surface area contributed by atoms with Gasteiger partial charge >= 0.3 is 0 Å². The van der Waals surface area contributed by atoms with Crippen molar-refractivity contribution >= 4 is 33.3 Å². The maximum atomic E-state index is 13.2. The number of aryl methyl sites for hydroxylation is 1. The fourth-order valence-corrected chi connectivity index (χ4v) is 5.09. The summed E-state index contributed by atoms with van der Waals surface area (Å²) in [5, 5.41) is 9.67. The number of carbonyl (C=O) groups excluding carboxylic acids is 1. The van der Waals surface area contributed by atoms with Crippen molar-refractivity contribution in [3.05, 3.63) is 89.1 Å². The highest BCUT2D eigenvalue weighted by molar-refractivity contribution is 7.83. The molecule has 0 saturated carbocycles. The van der Waals surface area contributed by atoms with Crippen molar-refractivity contribution in [1.29, 1.82) is 0 Å². The lowest BCUT2D eigenvalue weighted by molar-refractivity contribution is 0.102. The van der Waals surface area contributed by atoms with E-state index >= 15 is 0 Å². The SMILES string of the molecule is Cc1ccccc1-n1nc2c(c1NC(=O)c1cccc3ccccc13)CS(=O)C2. The third-order valence-corrected chi connectivity index (χ3v) is 6.49. The Kier molecular flexibility index (Phi) is 4.28. The van der Waals surface area contributed by atoms with Gasteiger partial charge in [0.05, 0.1) is 22.9 Å². The molecule has 2 heterocycles. The summed E-state index contributed by atoms with van der Waals surface area (Å²) in [6.07, 6.45) is 0. The largest absolute Gasteiger partial charge is 0.306 e. The molecule has 3 aromatic carbocycles. The molecule has 0 spiro atoms. The molecule has 1 aliphatic heterocycles. The van der Waals surface area contributed by atoms with Crippen LogP contribution in [0, 0.1) is 6.92 Å². The third kappa shape index (κ3) is 3.06. The number of rotatable bonds is 3. The van der Waals surface area contributed by atoms with Crippen LogP contribution in [0.2, 0.25) is 0 Å². The Hall–Kier alpha value is -3.25. The Morgan fingerprint density at radius 1 is 1.00 bits per heavy atom. The second-order valence-electron chi connectivity index (χ2n) is 7.18. The van der Waals surface area contributed by atoms with Crippen LogP contribution in [0.15, 0.2) is 66.7 Å². The van der Waals surface area contributed by atoms with Crippen molar-refractivity contribution in [2.45, 2.75) is 18.4 Å². The zero-order valence-corrected chi connectivity index (χ0v) is 16.7. The maximum Gasteiger partial charge on any atom is 0.257 e. The summed E-state index contributed by atoms with van der Waals surface area (Å²) in [7, 11) is -0.977. The number of fused-ring (bicyclic) bond motifs is 2. The first-order valence-electron chi connectivity index (χ1n) is 9.42. The van der Waals surface area contributed by atoms with Gasteiger partial charge in [0.15, 0.2) is 0 Å². The number of aromatic nitrogens is 2. The quantitative estimate of drug-likeness (QED) is 0.555. The molecule has 0 saturated heterocycles. The molecule has 1 N–H and O–H groups in total. The second-order valence-corrected chi connectivity index (χ2v) is 8.64. The van der Waals surface area contributed by atoms with Crippen LogP contribution in [-0.2, 0) is 22.3 Å². The summed E-state index contributed by atoms with van der Waals surface area (Å²) >= 11 is 0. The summed E-state index contributed by atoms with van der Waals surface area (Å²) in [4.78, 5) is 13.2. The van der Waals surface area contributed by atoms with E-state index in [-0.39, 0.29) is 5.91 Å². The van der Waals surface area contributed by atoms with Crippen molar-refractivity contribution in [3.8, 4) is 5.69 Å². The summed E-state index contributed by atoms with van der Waals surface area (Å²) in [6.45, 7) is 2.01. The Labute approximate surface area is 170 Å². The molecule has 1 atom stereocenters. The summed E-state index contributed by atoms with van der Waals surface area (Å²) in [5.74, 6) is 1.24. The Morgan fingerprint density at radius 3 is 2.62 bits per heavy atom. The number of carbonyl (C=O) groups is 1. The standard InChI is InChI=1S/C23H19N3O2S/c1-15-7-2-5-12-21(15)26-22(19-13-29(28)14-20(19)25-26)24-23(27)18-11-6-9-16-8-3-4-10-17(16)18/h2-12H,13-14H2,1H3,(H,24,27). The molecule has 0 fully saturated rings. The van der Waals surface area contributed by atoms with Gasteiger partial charge in [-0.2, -0.15) is 5.10 Å². The van der Waals surface area contributed by atoms with Crippen LogP contribution in [0.3, 0.4) is 0 Å². The molecule has 144 valence electrons. The molecular weight excluding hydrogens is 382 g/mol. The van der Waals surface area contributed by atoms with E-state index in [1.54, 1.807) is 4.68 Å². The highest BCUT2D eigenvalue weighted by Crippen LogP contribution is 2.32. The monoisotopic (exact) mass is 401 g/mol. The molecule has 1 unspecified atom stereocenters. The van der Waals surface area contributed by atoms with Crippen LogP contribution in [-0.4, -0.2) is 19.9 Å². The van der Waals surface area contributed by atoms with Crippen LogP contribution in [0.4, 0.5) is 5.82 Å². The third-order valence-electron chi connectivity index (χ3n) is 5.28. The highest BCUT2D eigenvalue weighted by atomic mass is 32.2. The number of para-hydroxylation sites is 1. The lowest BCUT2D eigenvalue weighted by atomic mass is 10.0. The molecule has 29 heavy (non-hydrogen) atoms. The van der Waals surface area contributed by atoms with Gasteiger partial charge in [-0.25, -0.2) is 4.68 Å². The van der Waals surface area contributed by atoms with Gasteiger partial charge in [-0.3, -0.25) is 9.00 Å². The van der Waals surface area contributed by atoms with Gasteiger partial charge in [-0.15, -0.1) is 0 Å². The number of anilines is 1. The van der Waals surface area contributed by atoms with Crippen molar-refractivity contribution in [3.63, 3.8) is 0 Å². The Bertz CT molecular complexity index is 1290. The van der Waals surface area contributed by atoms with E-state index in [1.165, 1.54) is 0 Å². The van der Waals surface area contributed by atoms with Crippen LogP contribution in [0.25, 0.3) is 16.5 Å². The zero-order chi connectivity index (χ0) is 20.0. The van der Waals surface area contributed by atoms with Crippen molar-refractivity contribution < 1.29 is 9.00 Å². The highest BCUT2D eigenvalue weighted by Gasteiger charge is 2.29. The molecule has 5 rings (SSSR count). The Morgan fingerprint density at radius 2 is 1.76 bits per heavy atom. The molecule has 0 bridgehead atoms. The van der Waals surface area contributed by atoms with Gasteiger partial charge < -0.3 is 5.32 Å². The first-order valence-corrected chi connectivity index (χ1v) is 10.9. The van der Waals surface area contributed by atoms with Crippen molar-refractivity contribution in [2.75, 3.05) is 5.32 Å². The number of nitrogens with zero attached hydrogens (tertiary/aromatic N) is 2. The molecule has 6 heteroatoms. The summed E-state index contributed by atoms with van der Waals surface area (Å²) < 4.78 is 13.9. The van der Waals surface area contributed by atoms with Crippen LogP contribution < -0.4 is 5.32 Å². The topological polar surface area (TPSA) is 64.0 Å². The molecule has 4 aromatic rings. The van der Waals surface area contributed by atoms with Crippen LogP contribution >= 0.6 is 0 Å². The van der Waals surface area contributed by atoms with Gasteiger partial charge in [0.2, 0.25) is 0 Å². The van der Waals surface area contributed by atoms with E-state index in [1.807, 2.05) is 73.7 Å². The minimum atomic E-state index is -0.977. The summed E-state index contributed by atoms with van der Waals surface area (Å²) in [6, 6.07) is 21.4. The van der Waals surface area contributed by atoms with E-state index in [0.29, 0.717) is 22.9 Å². The van der Waals surface area contributed by atoms with E-state index in [9.17, 15) is 9.00 Å². The minimum absolute atomic E-state index is 0.197. The van der Waals surface area contributed by atoms with Gasteiger partial charge in [0, 0.05) is 21.9 Å². The van der Waals surface area contributed by atoms with Gasteiger partial charge in [0.1, 0.15) is 5.82 Å². The first-order chi connectivity index (χ1) is 14.1. The molecule has 5 nitrogen and oxygen atoms in total. The number of nitrogens with one attached hydrogen (secondary N) is 1. The van der Waals surface area contributed by atoms with E-state index in [4.69, 9.17) is 5.10 Å². The number of hydrogen-bond acceptors (Lipinski definition) is 3. The number of amides is 1. The van der Waals surface area contributed by atoms with Crippen LogP contribution in [0.5, 0.6) is 0 Å². The fraction of sp³-hybridized carbons (Fsp3) is 0.130. The zero-order valence-electron chi connectivity index (χ0n) is 15.9. The van der Waals surface area contributed by atoms with E-state index in [0.717, 1.165) is 33.3 Å².